The lowest BCUT2D eigenvalue weighted by Crippen LogP contribution is -2.57. The van der Waals surface area contributed by atoms with Crippen LogP contribution in [0.2, 0.25) is 5.15 Å². The number of carbonyl (C=O) groups is 1. The maximum Gasteiger partial charge on any atom is 0.410 e. The van der Waals surface area contributed by atoms with Crippen LogP contribution in [0.15, 0.2) is 0 Å². The minimum atomic E-state index is -0.569. The lowest BCUT2D eigenvalue weighted by Gasteiger charge is -2.40. The first-order chi connectivity index (χ1) is 10.7. The van der Waals surface area contributed by atoms with E-state index in [0.29, 0.717) is 13.1 Å². The molecule has 1 fully saturated rings. The van der Waals surface area contributed by atoms with Crippen molar-refractivity contribution in [2.24, 2.45) is 0 Å². The highest BCUT2D eigenvalue weighted by Gasteiger charge is 2.33. The smallest absolute Gasteiger partial charge is 0.410 e. The zero-order chi connectivity index (χ0) is 17.2. The molecule has 23 heavy (non-hydrogen) atoms. The molecule has 10 heteroatoms. The minimum Gasteiger partial charge on any atom is -0.444 e. The Labute approximate surface area is 139 Å². The molecule has 1 saturated heterocycles. The van der Waals surface area contributed by atoms with Gasteiger partial charge in [-0.3, -0.25) is 0 Å². The summed E-state index contributed by atoms with van der Waals surface area (Å²) in [5.74, 6) is 0.345. The second-order valence-electron chi connectivity index (χ2n) is 6.24. The summed E-state index contributed by atoms with van der Waals surface area (Å²) in [6.45, 7) is 6.37. The number of aromatic nitrogens is 3. The summed E-state index contributed by atoms with van der Waals surface area (Å²) in [4.78, 5) is 19.5. The topological polar surface area (TPSA) is 118 Å². The van der Waals surface area contributed by atoms with Crippen LogP contribution in [0.1, 0.15) is 20.8 Å². The van der Waals surface area contributed by atoms with Crippen LogP contribution in [0.5, 0.6) is 0 Å². The maximum absolute atomic E-state index is 12.1. The lowest BCUT2D eigenvalue weighted by molar-refractivity contribution is 0.0196. The number of hydrogen-bond donors (Lipinski definition) is 2. The standard InChI is InChI=1S/C13H21ClN6O3/c1-13(2,3)23-12(22)19-4-5-20(8(6-19)7-21)11-16-10(15)9(14)17-18-11/h8,21H,4-7H2,1-3H3,(H2,15,16,18)/t8-/m0/s1. The van der Waals surface area contributed by atoms with Gasteiger partial charge in [0.2, 0.25) is 5.95 Å². The average Bonchev–Trinajstić information content (AvgIpc) is 2.47. The summed E-state index contributed by atoms with van der Waals surface area (Å²) >= 11 is 5.72. The number of anilines is 2. The number of halogens is 1. The van der Waals surface area contributed by atoms with Gasteiger partial charge in [-0.15, -0.1) is 10.2 Å². The lowest BCUT2D eigenvalue weighted by atomic mass is 10.2. The summed E-state index contributed by atoms with van der Waals surface area (Å²) in [6, 6.07) is -0.376. The first-order valence-corrected chi connectivity index (χ1v) is 7.60. The number of aliphatic hydroxyl groups is 1. The summed E-state index contributed by atoms with van der Waals surface area (Å²) in [5.41, 5.74) is 5.07. The van der Waals surface area contributed by atoms with E-state index < -0.39 is 11.7 Å². The van der Waals surface area contributed by atoms with E-state index in [1.54, 1.807) is 30.6 Å². The number of ether oxygens (including phenoxy) is 1. The van der Waals surface area contributed by atoms with Crippen LogP contribution in [0.3, 0.4) is 0 Å². The van der Waals surface area contributed by atoms with Gasteiger partial charge in [0.25, 0.3) is 0 Å². The molecule has 0 spiro atoms. The molecular weight excluding hydrogens is 324 g/mol. The number of nitrogen functional groups attached to an aromatic ring is 1. The van der Waals surface area contributed by atoms with Crippen molar-refractivity contribution >= 4 is 29.5 Å². The molecule has 0 aliphatic carbocycles. The Hall–Kier alpha value is -1.87. The van der Waals surface area contributed by atoms with Gasteiger partial charge in [0.05, 0.1) is 12.6 Å². The van der Waals surface area contributed by atoms with Gasteiger partial charge in [-0.05, 0) is 20.8 Å². The summed E-state index contributed by atoms with van der Waals surface area (Å²) in [6.07, 6.45) is -0.412. The van der Waals surface area contributed by atoms with Crippen molar-refractivity contribution in [3.63, 3.8) is 0 Å². The van der Waals surface area contributed by atoms with Crippen molar-refractivity contribution in [3.8, 4) is 0 Å². The van der Waals surface area contributed by atoms with Crippen molar-refractivity contribution in [2.75, 3.05) is 36.9 Å². The van der Waals surface area contributed by atoms with E-state index in [9.17, 15) is 9.90 Å². The monoisotopic (exact) mass is 344 g/mol. The molecule has 1 aliphatic rings. The quantitative estimate of drug-likeness (QED) is 0.797. The Kier molecular flexibility index (Phi) is 5.10. The first kappa shape index (κ1) is 17.5. The highest BCUT2D eigenvalue weighted by atomic mass is 35.5. The molecule has 1 aromatic heterocycles. The Morgan fingerprint density at radius 3 is 2.70 bits per heavy atom. The minimum absolute atomic E-state index is 0.0293. The molecular formula is C13H21ClN6O3. The molecule has 1 aliphatic heterocycles. The molecule has 0 bridgehead atoms. The van der Waals surface area contributed by atoms with E-state index in [1.807, 2.05) is 0 Å². The van der Waals surface area contributed by atoms with E-state index in [1.165, 1.54) is 0 Å². The number of amides is 1. The molecule has 1 atom stereocenters. The van der Waals surface area contributed by atoms with Crippen LogP contribution < -0.4 is 10.6 Å². The number of nitrogens with two attached hydrogens (primary N) is 1. The van der Waals surface area contributed by atoms with Crippen LogP contribution in [-0.4, -0.2) is 69.2 Å². The van der Waals surface area contributed by atoms with E-state index in [-0.39, 0.29) is 36.1 Å². The van der Waals surface area contributed by atoms with Gasteiger partial charge in [0.1, 0.15) is 5.60 Å². The number of rotatable bonds is 2. The first-order valence-electron chi connectivity index (χ1n) is 7.22. The number of carbonyl (C=O) groups excluding carboxylic acids is 1. The number of aliphatic hydroxyl groups excluding tert-OH is 1. The molecule has 1 aromatic rings. The number of nitrogens with zero attached hydrogens (tertiary/aromatic N) is 5. The Balaban J connectivity index is 2.09. The van der Waals surface area contributed by atoms with Crippen molar-refractivity contribution in [3.05, 3.63) is 5.15 Å². The zero-order valence-corrected chi connectivity index (χ0v) is 14.1. The third-order valence-electron chi connectivity index (χ3n) is 3.26. The van der Waals surface area contributed by atoms with Gasteiger partial charge in [-0.2, -0.15) is 4.98 Å². The molecule has 9 nitrogen and oxygen atoms in total. The number of piperazine rings is 1. The van der Waals surface area contributed by atoms with Crippen molar-refractivity contribution in [1.82, 2.24) is 20.1 Å². The molecule has 0 aromatic carbocycles. The molecule has 0 radical (unpaired) electrons. The van der Waals surface area contributed by atoms with Crippen LogP contribution in [-0.2, 0) is 4.74 Å². The molecule has 0 unspecified atom stereocenters. The predicted molar refractivity (Wildman–Crippen MR) is 85.3 cm³/mol. The van der Waals surface area contributed by atoms with Gasteiger partial charge in [-0.25, -0.2) is 4.79 Å². The third kappa shape index (κ3) is 4.32. The van der Waals surface area contributed by atoms with Gasteiger partial charge in [0, 0.05) is 19.6 Å². The fourth-order valence-electron chi connectivity index (χ4n) is 2.20. The largest absolute Gasteiger partial charge is 0.444 e. The van der Waals surface area contributed by atoms with E-state index in [4.69, 9.17) is 22.1 Å². The predicted octanol–water partition coefficient (Wildman–Crippen LogP) is 0.525. The zero-order valence-electron chi connectivity index (χ0n) is 13.4. The van der Waals surface area contributed by atoms with Crippen LogP contribution in [0.25, 0.3) is 0 Å². The second-order valence-corrected chi connectivity index (χ2v) is 6.60. The van der Waals surface area contributed by atoms with Gasteiger partial charge in [0.15, 0.2) is 11.0 Å². The maximum atomic E-state index is 12.1. The van der Waals surface area contributed by atoms with E-state index in [0.717, 1.165) is 0 Å². The van der Waals surface area contributed by atoms with Crippen molar-refractivity contribution < 1.29 is 14.6 Å². The van der Waals surface area contributed by atoms with Crippen molar-refractivity contribution in [2.45, 2.75) is 32.4 Å². The van der Waals surface area contributed by atoms with E-state index in [2.05, 4.69) is 15.2 Å². The molecule has 2 rings (SSSR count). The molecule has 3 N–H and O–H groups in total. The normalized spacial score (nSPS) is 18.9. The van der Waals surface area contributed by atoms with Crippen LogP contribution >= 0.6 is 11.6 Å². The SMILES string of the molecule is CC(C)(C)OC(=O)N1CCN(c2nnc(Cl)c(N)n2)[C@H](CO)C1. The Bertz CT molecular complexity index is 579. The summed E-state index contributed by atoms with van der Waals surface area (Å²) in [7, 11) is 0. The Morgan fingerprint density at radius 1 is 1.43 bits per heavy atom. The second kappa shape index (κ2) is 6.71. The highest BCUT2D eigenvalue weighted by Crippen LogP contribution is 2.21. The van der Waals surface area contributed by atoms with Gasteiger partial charge in [-0.1, -0.05) is 11.6 Å². The molecule has 2 heterocycles. The van der Waals surface area contributed by atoms with Crippen LogP contribution in [0.4, 0.5) is 16.6 Å². The van der Waals surface area contributed by atoms with E-state index >= 15 is 0 Å². The molecule has 0 saturated carbocycles. The summed E-state index contributed by atoms with van der Waals surface area (Å²) < 4.78 is 5.35. The molecule has 1 amide bonds. The van der Waals surface area contributed by atoms with Gasteiger partial charge >= 0.3 is 6.09 Å². The highest BCUT2D eigenvalue weighted by molar-refractivity contribution is 6.31. The summed E-state index contributed by atoms with van der Waals surface area (Å²) in [5, 5.41) is 17.3. The van der Waals surface area contributed by atoms with Crippen LogP contribution in [0, 0.1) is 0 Å². The third-order valence-corrected chi connectivity index (χ3v) is 3.53. The average molecular weight is 345 g/mol. The fraction of sp³-hybridized carbons (Fsp3) is 0.692. The van der Waals surface area contributed by atoms with Gasteiger partial charge < -0.3 is 25.4 Å². The van der Waals surface area contributed by atoms with Crippen molar-refractivity contribution in [1.29, 1.82) is 0 Å². The Morgan fingerprint density at radius 2 is 2.13 bits per heavy atom. The molecule has 128 valence electrons. The number of hydrogen-bond acceptors (Lipinski definition) is 8. The fourth-order valence-corrected chi connectivity index (χ4v) is 2.28.